The Morgan fingerprint density at radius 3 is 3.05 bits per heavy atom. The van der Waals surface area contributed by atoms with Gasteiger partial charge in [0.05, 0.1) is 0 Å². The molecule has 1 aliphatic carbocycles. The molecule has 2 aromatic rings. The lowest BCUT2D eigenvalue weighted by Crippen LogP contribution is -2.27. The van der Waals surface area contributed by atoms with Crippen molar-refractivity contribution in [2.45, 2.75) is 45.1 Å². The molecule has 0 spiro atoms. The highest BCUT2D eigenvalue weighted by molar-refractivity contribution is 6.29. The van der Waals surface area contributed by atoms with E-state index in [4.69, 9.17) is 11.6 Å². The third kappa shape index (κ3) is 2.66. The van der Waals surface area contributed by atoms with E-state index < -0.39 is 0 Å². The summed E-state index contributed by atoms with van der Waals surface area (Å²) in [6, 6.07) is 2.29. The molecule has 6 heteroatoms. The summed E-state index contributed by atoms with van der Waals surface area (Å²) in [6.45, 7) is 2.31. The van der Waals surface area contributed by atoms with Crippen molar-refractivity contribution < 1.29 is 0 Å². The van der Waals surface area contributed by atoms with Crippen LogP contribution in [-0.2, 0) is 0 Å². The Hall–Kier alpha value is -1.36. The van der Waals surface area contributed by atoms with E-state index in [1.807, 2.05) is 6.07 Å². The van der Waals surface area contributed by atoms with Crippen LogP contribution >= 0.6 is 11.6 Å². The maximum absolute atomic E-state index is 6.03. The quantitative estimate of drug-likeness (QED) is 0.678. The fourth-order valence-electron chi connectivity index (χ4n) is 2.78. The first-order chi connectivity index (χ1) is 9.24. The average molecular weight is 280 g/mol. The minimum Gasteiger partial charge on any atom is -0.367 e. The summed E-state index contributed by atoms with van der Waals surface area (Å²) < 4.78 is 1.71. The van der Waals surface area contributed by atoms with Crippen molar-refractivity contribution in [3.8, 4) is 0 Å². The number of nitrogens with zero attached hydrogens (tertiary/aromatic N) is 4. The molecule has 1 saturated carbocycles. The summed E-state index contributed by atoms with van der Waals surface area (Å²) >= 11 is 6.03. The largest absolute Gasteiger partial charge is 0.367 e. The Kier molecular flexibility index (Phi) is 3.55. The molecule has 0 saturated heterocycles. The van der Waals surface area contributed by atoms with Gasteiger partial charge in [-0.05, 0) is 18.8 Å². The van der Waals surface area contributed by atoms with E-state index in [-0.39, 0.29) is 0 Å². The number of anilines is 1. The summed E-state index contributed by atoms with van der Waals surface area (Å²) in [5.74, 6) is 2.08. The van der Waals surface area contributed by atoms with Crippen LogP contribution in [0.25, 0.3) is 5.78 Å². The second kappa shape index (κ2) is 5.33. The van der Waals surface area contributed by atoms with E-state index in [0.717, 1.165) is 5.82 Å². The molecule has 1 fully saturated rings. The van der Waals surface area contributed by atoms with E-state index in [2.05, 4.69) is 27.3 Å². The normalized spacial score (nSPS) is 24.3. The van der Waals surface area contributed by atoms with Gasteiger partial charge in [-0.1, -0.05) is 37.8 Å². The highest BCUT2D eigenvalue weighted by Gasteiger charge is 2.21. The second-order valence-corrected chi connectivity index (χ2v) is 5.69. The molecule has 2 atom stereocenters. The van der Waals surface area contributed by atoms with Gasteiger partial charge in [-0.2, -0.15) is 19.6 Å². The standard InChI is InChI=1S/C13H18ClN5/c1-9-5-3-2-4-6-10(9)17-12-7-11(14)18-13-15-8-16-19(12)13/h7-10,17H,2-6H2,1H3. The van der Waals surface area contributed by atoms with Crippen molar-refractivity contribution in [2.24, 2.45) is 5.92 Å². The Morgan fingerprint density at radius 2 is 2.16 bits per heavy atom. The highest BCUT2D eigenvalue weighted by Crippen LogP contribution is 2.26. The van der Waals surface area contributed by atoms with Gasteiger partial charge in [0.25, 0.3) is 5.78 Å². The number of aromatic nitrogens is 4. The van der Waals surface area contributed by atoms with E-state index in [9.17, 15) is 0 Å². The van der Waals surface area contributed by atoms with Gasteiger partial charge in [0.1, 0.15) is 17.3 Å². The molecule has 0 aliphatic heterocycles. The lowest BCUT2D eigenvalue weighted by molar-refractivity contribution is 0.455. The Labute approximate surface area is 117 Å². The molecule has 0 aromatic carbocycles. The number of nitrogens with one attached hydrogen (secondary N) is 1. The van der Waals surface area contributed by atoms with Gasteiger partial charge in [0, 0.05) is 12.1 Å². The predicted octanol–water partition coefficient (Wildman–Crippen LogP) is 3.16. The highest BCUT2D eigenvalue weighted by atomic mass is 35.5. The lowest BCUT2D eigenvalue weighted by Gasteiger charge is -2.24. The molecule has 1 aliphatic rings. The molecule has 3 rings (SSSR count). The molecule has 0 radical (unpaired) electrons. The molecule has 102 valence electrons. The van der Waals surface area contributed by atoms with Crippen LogP contribution in [0.2, 0.25) is 5.15 Å². The van der Waals surface area contributed by atoms with Crippen LogP contribution in [0.1, 0.15) is 39.0 Å². The molecule has 0 amide bonds. The van der Waals surface area contributed by atoms with Gasteiger partial charge < -0.3 is 5.32 Å². The summed E-state index contributed by atoms with van der Waals surface area (Å²) in [5.41, 5.74) is 0. The van der Waals surface area contributed by atoms with Crippen molar-refractivity contribution in [2.75, 3.05) is 5.32 Å². The first kappa shape index (κ1) is 12.7. The minimum absolute atomic E-state index is 0.448. The smallest absolute Gasteiger partial charge is 0.255 e. The van der Waals surface area contributed by atoms with Crippen molar-refractivity contribution in [3.63, 3.8) is 0 Å². The van der Waals surface area contributed by atoms with Crippen molar-refractivity contribution in [1.29, 1.82) is 0 Å². The first-order valence-electron chi connectivity index (χ1n) is 6.87. The van der Waals surface area contributed by atoms with Crippen LogP contribution < -0.4 is 5.32 Å². The van der Waals surface area contributed by atoms with Crippen LogP contribution in [0, 0.1) is 5.92 Å². The van der Waals surface area contributed by atoms with Gasteiger partial charge in [-0.15, -0.1) is 0 Å². The Bertz CT molecular complexity index is 567. The van der Waals surface area contributed by atoms with E-state index in [1.165, 1.54) is 38.4 Å². The maximum Gasteiger partial charge on any atom is 0.255 e. The molecule has 2 aromatic heterocycles. The number of fused-ring (bicyclic) bond motifs is 1. The Balaban J connectivity index is 1.89. The SMILES string of the molecule is CC1CCCCCC1Nc1cc(Cl)nc2ncnn12. The van der Waals surface area contributed by atoms with E-state index in [1.54, 1.807) is 4.52 Å². The third-order valence-corrected chi connectivity index (χ3v) is 4.11. The molecule has 0 bridgehead atoms. The monoisotopic (exact) mass is 279 g/mol. The number of rotatable bonds is 2. The zero-order chi connectivity index (χ0) is 13.2. The van der Waals surface area contributed by atoms with Crippen molar-refractivity contribution in [1.82, 2.24) is 19.6 Å². The summed E-state index contributed by atoms with van der Waals surface area (Å²) in [4.78, 5) is 8.23. The zero-order valence-corrected chi connectivity index (χ0v) is 11.8. The predicted molar refractivity (Wildman–Crippen MR) is 75.5 cm³/mol. The van der Waals surface area contributed by atoms with E-state index in [0.29, 0.717) is 22.9 Å². The van der Waals surface area contributed by atoms with Gasteiger partial charge in [0.15, 0.2) is 0 Å². The van der Waals surface area contributed by atoms with Gasteiger partial charge in [-0.3, -0.25) is 0 Å². The molecule has 1 N–H and O–H groups in total. The summed E-state index contributed by atoms with van der Waals surface area (Å²) in [5, 5.41) is 8.22. The molecule has 2 heterocycles. The fraction of sp³-hybridized carbons (Fsp3) is 0.615. The topological polar surface area (TPSA) is 55.1 Å². The number of hydrogen-bond donors (Lipinski definition) is 1. The van der Waals surface area contributed by atoms with Crippen LogP contribution in [0.3, 0.4) is 0 Å². The number of hydrogen-bond acceptors (Lipinski definition) is 4. The fourth-order valence-corrected chi connectivity index (χ4v) is 2.96. The summed E-state index contributed by atoms with van der Waals surface area (Å²) in [6.07, 6.45) is 7.91. The summed E-state index contributed by atoms with van der Waals surface area (Å²) in [7, 11) is 0. The van der Waals surface area contributed by atoms with Crippen LogP contribution in [0.15, 0.2) is 12.4 Å². The average Bonchev–Trinajstić information content (AvgIpc) is 2.75. The van der Waals surface area contributed by atoms with Gasteiger partial charge in [0.2, 0.25) is 0 Å². The van der Waals surface area contributed by atoms with Gasteiger partial charge >= 0.3 is 0 Å². The van der Waals surface area contributed by atoms with Crippen molar-refractivity contribution in [3.05, 3.63) is 17.5 Å². The van der Waals surface area contributed by atoms with Crippen LogP contribution in [-0.4, -0.2) is 25.6 Å². The molecule has 5 nitrogen and oxygen atoms in total. The Morgan fingerprint density at radius 1 is 1.32 bits per heavy atom. The lowest BCUT2D eigenvalue weighted by atomic mass is 9.97. The maximum atomic E-state index is 6.03. The second-order valence-electron chi connectivity index (χ2n) is 5.30. The first-order valence-corrected chi connectivity index (χ1v) is 7.24. The van der Waals surface area contributed by atoms with Gasteiger partial charge in [-0.25, -0.2) is 0 Å². The van der Waals surface area contributed by atoms with Crippen LogP contribution in [0.4, 0.5) is 5.82 Å². The van der Waals surface area contributed by atoms with Crippen molar-refractivity contribution >= 4 is 23.2 Å². The molecular weight excluding hydrogens is 262 g/mol. The number of halogens is 1. The van der Waals surface area contributed by atoms with Crippen LogP contribution in [0.5, 0.6) is 0 Å². The zero-order valence-electron chi connectivity index (χ0n) is 11.0. The van der Waals surface area contributed by atoms with E-state index >= 15 is 0 Å². The third-order valence-electron chi connectivity index (χ3n) is 3.92. The molecular formula is C13H18ClN5. The molecule has 19 heavy (non-hydrogen) atoms. The minimum atomic E-state index is 0.448. The molecule has 2 unspecified atom stereocenters.